The minimum atomic E-state index is -2.36. The minimum absolute atomic E-state index is 0.0808. The second kappa shape index (κ2) is 14.8. The number of hydrogen-bond acceptors (Lipinski definition) is 2. The van der Waals surface area contributed by atoms with Crippen LogP contribution >= 0.6 is 73.0 Å². The van der Waals surface area contributed by atoms with Crippen LogP contribution in [0.3, 0.4) is 0 Å². The van der Waals surface area contributed by atoms with Crippen molar-refractivity contribution in [2.75, 3.05) is 0 Å². The molecule has 0 atom stereocenters. The molecule has 306 valence electrons. The fourth-order valence-electron chi connectivity index (χ4n) is 7.12. The summed E-state index contributed by atoms with van der Waals surface area (Å²) in [5.74, 6) is -21.9. The van der Waals surface area contributed by atoms with Crippen molar-refractivity contribution in [3.63, 3.8) is 0 Å². The van der Waals surface area contributed by atoms with Crippen molar-refractivity contribution < 1.29 is 43.9 Å². The maximum Gasteiger partial charge on any atom is 0.200 e. The van der Waals surface area contributed by atoms with E-state index in [1.54, 1.807) is 35.1 Å². The molecule has 3 aromatic heterocycles. The van der Waals surface area contributed by atoms with Gasteiger partial charge in [-0.25, -0.2) is 53.9 Å². The summed E-state index contributed by atoms with van der Waals surface area (Å²) in [5.41, 5.74) is -3.28. The predicted molar refractivity (Wildman–Crippen MR) is 234 cm³/mol. The molecule has 5 aromatic rings. The lowest BCUT2D eigenvalue weighted by molar-refractivity contribution is 0.381. The van der Waals surface area contributed by atoms with Gasteiger partial charge < -0.3 is 9.97 Å². The second-order valence-electron chi connectivity index (χ2n) is 13.1. The van der Waals surface area contributed by atoms with Crippen molar-refractivity contribution in [2.24, 2.45) is 0 Å². The van der Waals surface area contributed by atoms with Gasteiger partial charge in [0.1, 0.15) is 0 Å². The predicted octanol–water partition coefficient (Wildman–Crippen LogP) is 16.0. The van der Waals surface area contributed by atoms with Crippen LogP contribution in [0.15, 0.2) is 59.4 Å². The van der Waals surface area contributed by atoms with Crippen molar-refractivity contribution in [2.45, 2.75) is 0 Å². The number of aromatic amines is 2. The number of rotatable bonds is 4. The SMILES string of the molecule is Fc1c(F)c(F)c(-c2c3nc(c(C4=CC=CS4(Br)Br)c4ccc([nH]4)c(-c4c(F)c(F)c(F)c(F)c4F)c4nc(c(C5=CC=CS5(Br)Br)c5ccc2[nH]5)C=C4)C=C3)c(F)c1F. The Morgan fingerprint density at radius 2 is 0.633 bits per heavy atom. The molecule has 4 nitrogen and oxygen atoms in total. The number of aromatic nitrogens is 4. The number of allylic oxidation sites excluding steroid dienone is 4. The Bertz CT molecular complexity index is 2920. The highest BCUT2D eigenvalue weighted by Gasteiger charge is 2.34. The molecule has 0 unspecified atom stereocenters. The van der Waals surface area contributed by atoms with E-state index >= 15 is 17.6 Å². The number of fused-ring (bicyclic) bond motifs is 8. The topological polar surface area (TPSA) is 57.4 Å². The van der Waals surface area contributed by atoms with Crippen LogP contribution in [0.1, 0.15) is 33.9 Å². The fraction of sp³-hybridized carbons (Fsp3) is 0. The molecule has 2 N–H and O–H groups in total. The smallest absolute Gasteiger partial charge is 0.200 e. The highest BCUT2D eigenvalue weighted by Crippen LogP contribution is 2.76. The molecule has 0 saturated carbocycles. The van der Waals surface area contributed by atoms with E-state index in [2.05, 4.69) is 79.2 Å². The lowest BCUT2D eigenvalue weighted by Gasteiger charge is -2.22. The van der Waals surface area contributed by atoms with E-state index < -0.39 is 94.2 Å². The van der Waals surface area contributed by atoms with Gasteiger partial charge in [-0.2, -0.15) is 0 Å². The quantitative estimate of drug-likeness (QED) is 0.105. The maximum atomic E-state index is 15.9. The molecule has 0 amide bonds. The van der Waals surface area contributed by atoms with Gasteiger partial charge in [0.15, 0.2) is 46.5 Å². The van der Waals surface area contributed by atoms with Crippen LogP contribution in [0.2, 0.25) is 0 Å². The summed E-state index contributed by atoms with van der Waals surface area (Å²) in [6, 6.07) is 5.58. The van der Waals surface area contributed by atoms with Gasteiger partial charge >= 0.3 is 0 Å². The molecule has 4 aliphatic rings. The minimum Gasteiger partial charge on any atom is -0.354 e. The summed E-state index contributed by atoms with van der Waals surface area (Å²) >= 11 is 14.6. The zero-order valence-corrected chi connectivity index (χ0v) is 37.1. The average Bonchev–Trinajstić information content (AvgIpc) is 4.08. The molecule has 20 heteroatoms. The van der Waals surface area contributed by atoms with Gasteiger partial charge in [0.2, 0.25) is 11.6 Å². The van der Waals surface area contributed by atoms with Crippen LogP contribution in [0, 0.1) is 58.2 Å². The van der Waals surface area contributed by atoms with Crippen molar-refractivity contribution in [1.82, 2.24) is 19.9 Å². The number of H-pyrrole nitrogens is 2. The van der Waals surface area contributed by atoms with Gasteiger partial charge in [-0.1, -0.05) is 25.9 Å². The summed E-state index contributed by atoms with van der Waals surface area (Å²) in [7, 11) is 0. The molecule has 0 spiro atoms. The van der Waals surface area contributed by atoms with Crippen LogP contribution in [0.4, 0.5) is 43.9 Å². The summed E-state index contributed by atoms with van der Waals surface area (Å²) in [6.45, 7) is -4.28. The summed E-state index contributed by atoms with van der Waals surface area (Å²) < 4.78 is 152. The first-order valence-corrected chi connectivity index (χ1v) is 27.6. The number of benzene rings is 2. The van der Waals surface area contributed by atoms with Crippen LogP contribution < -0.4 is 0 Å². The molecule has 4 aliphatic heterocycles. The highest BCUT2D eigenvalue weighted by molar-refractivity contribution is 9.94. The third-order valence-corrected chi connectivity index (χ3v) is 19.4. The Morgan fingerprint density at radius 3 is 0.917 bits per heavy atom. The second-order valence-corrected chi connectivity index (χ2v) is 34.1. The number of nitrogens with one attached hydrogen (secondary N) is 2. The number of nitrogens with zero attached hydrogens (tertiary/aromatic N) is 2. The number of hydrogen-bond donors (Lipinski definition) is 2. The van der Waals surface area contributed by atoms with Gasteiger partial charge in [-0.05, 0) is 131 Å². The van der Waals surface area contributed by atoms with Gasteiger partial charge in [0.25, 0.3) is 0 Å². The fourth-order valence-corrected chi connectivity index (χ4v) is 14.2. The molecule has 0 radical (unpaired) electrons. The molecule has 9 rings (SSSR count). The van der Waals surface area contributed by atoms with Crippen molar-refractivity contribution in [3.8, 4) is 22.3 Å². The van der Waals surface area contributed by atoms with E-state index in [4.69, 9.17) is 0 Å². The van der Waals surface area contributed by atoms with Gasteiger partial charge in [0, 0.05) is 54.1 Å². The molecule has 0 fully saturated rings. The van der Waals surface area contributed by atoms with Crippen molar-refractivity contribution in [1.29, 1.82) is 0 Å². The van der Waals surface area contributed by atoms with Gasteiger partial charge in [-0.3, -0.25) is 0 Å². The van der Waals surface area contributed by atoms with Crippen LogP contribution in [-0.2, 0) is 0 Å². The van der Waals surface area contributed by atoms with E-state index in [0.717, 1.165) is 0 Å². The Hall–Kier alpha value is -4.08. The van der Waals surface area contributed by atoms with E-state index in [9.17, 15) is 26.3 Å². The summed E-state index contributed by atoms with van der Waals surface area (Å²) in [6.07, 6.45) is 12.2. The first kappa shape index (κ1) is 41.3. The Labute approximate surface area is 364 Å². The Kier molecular flexibility index (Phi) is 10.2. The molecule has 0 aliphatic carbocycles. The van der Waals surface area contributed by atoms with Crippen molar-refractivity contribution in [3.05, 3.63) is 151 Å². The lowest BCUT2D eigenvalue weighted by Crippen LogP contribution is -2.05. The normalized spacial score (nSPS) is 17.1. The molecule has 2 aromatic carbocycles. The Morgan fingerprint density at radius 1 is 0.367 bits per heavy atom. The van der Waals surface area contributed by atoms with E-state index in [1.807, 2.05) is 0 Å². The van der Waals surface area contributed by atoms with E-state index in [-0.39, 0.29) is 56.0 Å². The third kappa shape index (κ3) is 6.37. The standard InChI is InChI=1S/C40H16Br4F10N4S2/c41-59(42)13-1-3-23(59)25-15-5-9-19(55-15)27(29-31(45)35(49)39(53)36(50)32(29)46)21-11-7-17(57-21)26(24-4-2-14-60(24,43)44)18-8-12-22(58-18)28(20-10-6-16(25)56-20)30-33(47)37(51)40(54)38(52)34(30)48/h1-14,55,58H. The first-order chi connectivity index (χ1) is 28.4. The Balaban J connectivity index is 1.53. The van der Waals surface area contributed by atoms with E-state index in [1.165, 1.54) is 48.6 Å². The third-order valence-electron chi connectivity index (χ3n) is 9.75. The van der Waals surface area contributed by atoms with Crippen molar-refractivity contribution >= 4 is 129 Å². The maximum absolute atomic E-state index is 15.9. The van der Waals surface area contributed by atoms with E-state index in [0.29, 0.717) is 9.81 Å². The molecule has 0 saturated heterocycles. The zero-order chi connectivity index (χ0) is 42.7. The zero-order valence-electron chi connectivity index (χ0n) is 29.1. The lowest BCUT2D eigenvalue weighted by atomic mass is 10.0. The molecular formula is C40H16Br4F10N4S2. The highest BCUT2D eigenvalue weighted by atomic mass is 79.9. The molecule has 7 heterocycles. The first-order valence-electron chi connectivity index (χ1n) is 16.8. The largest absolute Gasteiger partial charge is 0.354 e. The monoisotopic (exact) mass is 1120 g/mol. The van der Waals surface area contributed by atoms with Gasteiger partial charge in [-0.15, -0.1) is 0 Å². The average molecular weight is 1130 g/mol. The van der Waals surface area contributed by atoms with Gasteiger partial charge in [0.05, 0.1) is 33.9 Å². The molecule has 8 bridgehead atoms. The molecule has 60 heavy (non-hydrogen) atoms. The summed E-state index contributed by atoms with van der Waals surface area (Å²) in [4.78, 5) is 16.5. The molecular weight excluding hydrogens is 1110 g/mol. The van der Waals surface area contributed by atoms with Crippen LogP contribution in [-0.4, -0.2) is 19.9 Å². The van der Waals surface area contributed by atoms with Crippen LogP contribution in [0.25, 0.3) is 78.4 Å². The van der Waals surface area contributed by atoms with Crippen LogP contribution in [0.5, 0.6) is 0 Å². The number of halogens is 14. The summed E-state index contributed by atoms with van der Waals surface area (Å²) in [5, 5.41) is 3.55.